The zero-order valence-electron chi connectivity index (χ0n) is 19.5. The molecule has 3 rings (SSSR count). The fraction of sp³-hybridized carbons (Fsp3) is 0.440. The van der Waals surface area contributed by atoms with Gasteiger partial charge in [0.15, 0.2) is 0 Å². The lowest BCUT2D eigenvalue weighted by molar-refractivity contribution is -0.136. The zero-order valence-corrected chi connectivity index (χ0v) is 19.5. The quantitative estimate of drug-likeness (QED) is 0.628. The van der Waals surface area contributed by atoms with Crippen LogP contribution in [0.3, 0.4) is 0 Å². The molecule has 0 saturated carbocycles. The number of unbranched alkanes of at least 4 members (excludes halogenated alkanes) is 1. The molecule has 0 bridgehead atoms. The predicted octanol–water partition coefficient (Wildman–Crippen LogP) is 1.96. The number of amides is 3. The molecular formula is C25H32N4O5. The van der Waals surface area contributed by atoms with Crippen LogP contribution in [0.15, 0.2) is 42.7 Å². The first-order chi connectivity index (χ1) is 16.6. The van der Waals surface area contributed by atoms with Gasteiger partial charge >= 0.3 is 0 Å². The number of pyridine rings is 1. The van der Waals surface area contributed by atoms with E-state index in [0.717, 1.165) is 24.8 Å². The van der Waals surface area contributed by atoms with Crippen molar-refractivity contribution >= 4 is 17.7 Å². The number of benzene rings is 1. The number of ether oxygens (including phenoxy) is 2. The smallest absolute Gasteiger partial charge is 0.255 e. The summed E-state index contributed by atoms with van der Waals surface area (Å²) in [6, 6.07) is 8.92. The molecular weight excluding hydrogens is 436 g/mol. The van der Waals surface area contributed by atoms with Crippen LogP contribution in [-0.2, 0) is 16.0 Å². The Labute approximate surface area is 199 Å². The first-order valence-electron chi connectivity index (χ1n) is 11.6. The van der Waals surface area contributed by atoms with Gasteiger partial charge < -0.3 is 25.0 Å². The van der Waals surface area contributed by atoms with E-state index in [4.69, 9.17) is 9.47 Å². The lowest BCUT2D eigenvalue weighted by Crippen LogP contribution is -2.43. The van der Waals surface area contributed by atoms with Crippen molar-refractivity contribution in [2.75, 3.05) is 39.9 Å². The zero-order chi connectivity index (χ0) is 24.2. The average Bonchev–Trinajstić information content (AvgIpc) is 2.86. The van der Waals surface area contributed by atoms with Crippen molar-refractivity contribution in [3.63, 3.8) is 0 Å². The van der Waals surface area contributed by atoms with Gasteiger partial charge in [0.2, 0.25) is 11.8 Å². The number of methoxy groups -OCH3 is 1. The maximum atomic E-state index is 12.8. The molecule has 2 N–H and O–H groups in total. The van der Waals surface area contributed by atoms with Gasteiger partial charge in [-0.25, -0.2) is 0 Å². The molecule has 0 fully saturated rings. The van der Waals surface area contributed by atoms with Gasteiger partial charge in [-0.15, -0.1) is 0 Å². The number of carbonyl (C=O) groups excluding carboxylic acids is 3. The van der Waals surface area contributed by atoms with Crippen LogP contribution in [0.4, 0.5) is 0 Å². The highest BCUT2D eigenvalue weighted by Crippen LogP contribution is 2.25. The number of nitrogens with one attached hydrogen (secondary N) is 2. The molecule has 0 spiro atoms. The van der Waals surface area contributed by atoms with Crippen LogP contribution >= 0.6 is 0 Å². The number of hydrogen-bond donors (Lipinski definition) is 2. The van der Waals surface area contributed by atoms with E-state index < -0.39 is 0 Å². The van der Waals surface area contributed by atoms with Crippen LogP contribution in [0.25, 0.3) is 0 Å². The van der Waals surface area contributed by atoms with Crippen LogP contribution < -0.4 is 20.1 Å². The third-order valence-corrected chi connectivity index (χ3v) is 5.52. The summed E-state index contributed by atoms with van der Waals surface area (Å²) in [6.45, 7) is 1.18. The van der Waals surface area contributed by atoms with Crippen molar-refractivity contribution in [3.8, 4) is 11.5 Å². The Hall–Kier alpha value is -3.62. The number of carbonyl (C=O) groups is 3. The Kier molecular flexibility index (Phi) is 9.69. The van der Waals surface area contributed by atoms with Gasteiger partial charge in [-0.05, 0) is 49.4 Å². The summed E-state index contributed by atoms with van der Waals surface area (Å²) in [6.07, 6.45) is 6.95. The van der Waals surface area contributed by atoms with Crippen LogP contribution in [0.2, 0.25) is 0 Å². The monoisotopic (exact) mass is 468 g/mol. The van der Waals surface area contributed by atoms with Gasteiger partial charge in [-0.3, -0.25) is 19.4 Å². The molecule has 34 heavy (non-hydrogen) atoms. The summed E-state index contributed by atoms with van der Waals surface area (Å²) in [7, 11) is 1.54. The largest absolute Gasteiger partial charge is 0.497 e. The highest BCUT2D eigenvalue weighted by atomic mass is 16.5. The number of fused-ring (bicyclic) bond motifs is 1. The lowest BCUT2D eigenvalue weighted by Gasteiger charge is -2.23. The maximum absolute atomic E-state index is 12.8. The Balaban J connectivity index is 1.55. The second-order valence-electron chi connectivity index (χ2n) is 8.05. The first kappa shape index (κ1) is 25.0. The molecule has 0 saturated heterocycles. The minimum atomic E-state index is -0.257. The second-order valence-corrected chi connectivity index (χ2v) is 8.05. The van der Waals surface area contributed by atoms with Gasteiger partial charge in [-0.2, -0.15) is 0 Å². The molecule has 0 aliphatic carbocycles. The van der Waals surface area contributed by atoms with Crippen LogP contribution in [0, 0.1) is 0 Å². The summed E-state index contributed by atoms with van der Waals surface area (Å²) in [4.78, 5) is 43.5. The minimum absolute atomic E-state index is 0.0141. The molecule has 3 amide bonds. The fourth-order valence-electron chi connectivity index (χ4n) is 3.69. The van der Waals surface area contributed by atoms with Gasteiger partial charge in [0.25, 0.3) is 5.91 Å². The molecule has 1 aliphatic heterocycles. The normalized spacial score (nSPS) is 15.3. The summed E-state index contributed by atoms with van der Waals surface area (Å²) in [5.41, 5.74) is 1.54. The Morgan fingerprint density at radius 2 is 2.06 bits per heavy atom. The Bertz CT molecular complexity index is 967. The number of aromatic nitrogens is 1. The van der Waals surface area contributed by atoms with Crippen molar-refractivity contribution in [3.05, 3.63) is 53.9 Å². The van der Waals surface area contributed by atoms with Crippen LogP contribution in [-0.4, -0.2) is 67.5 Å². The number of hydrogen-bond acceptors (Lipinski definition) is 6. The number of nitrogens with zero attached hydrogens (tertiary/aromatic N) is 2. The van der Waals surface area contributed by atoms with E-state index >= 15 is 0 Å². The third-order valence-electron chi connectivity index (χ3n) is 5.52. The molecule has 1 aromatic heterocycles. The van der Waals surface area contributed by atoms with Gasteiger partial charge in [0.1, 0.15) is 18.1 Å². The van der Waals surface area contributed by atoms with E-state index in [1.54, 1.807) is 36.4 Å². The molecule has 0 atom stereocenters. The van der Waals surface area contributed by atoms with E-state index in [0.29, 0.717) is 43.0 Å². The summed E-state index contributed by atoms with van der Waals surface area (Å²) in [5, 5.41) is 5.65. The molecule has 182 valence electrons. The second kappa shape index (κ2) is 13.2. The molecule has 1 aromatic carbocycles. The third kappa shape index (κ3) is 7.75. The molecule has 2 heterocycles. The standard InChI is InChI=1S/C25H32N4O5/c1-33-20-9-10-21-22(16-20)34-15-13-27-23(30)18-29(14-5-12-28-25(21)32)24(31)8-3-2-6-19-7-4-11-26-17-19/h4,7,9-11,16-17H,2-3,5-6,8,12-15,18H2,1H3,(H,27,30)(H,28,32). The molecule has 9 heteroatoms. The minimum Gasteiger partial charge on any atom is -0.497 e. The van der Waals surface area contributed by atoms with Crippen molar-refractivity contribution in [1.29, 1.82) is 0 Å². The van der Waals surface area contributed by atoms with Gasteiger partial charge in [0.05, 0.1) is 25.8 Å². The summed E-state index contributed by atoms with van der Waals surface area (Å²) < 4.78 is 10.9. The van der Waals surface area contributed by atoms with E-state index in [-0.39, 0.29) is 37.4 Å². The first-order valence-corrected chi connectivity index (χ1v) is 11.6. The van der Waals surface area contributed by atoms with Gasteiger partial charge in [-0.1, -0.05) is 6.07 Å². The van der Waals surface area contributed by atoms with E-state index in [9.17, 15) is 14.4 Å². The summed E-state index contributed by atoms with van der Waals surface area (Å²) >= 11 is 0. The maximum Gasteiger partial charge on any atom is 0.255 e. The summed E-state index contributed by atoms with van der Waals surface area (Å²) in [5.74, 6) is 0.414. The molecule has 0 unspecified atom stereocenters. The number of aryl methyl sites for hydroxylation is 1. The highest BCUT2D eigenvalue weighted by Gasteiger charge is 2.19. The topological polar surface area (TPSA) is 110 Å². The van der Waals surface area contributed by atoms with Crippen molar-refractivity contribution in [2.24, 2.45) is 0 Å². The van der Waals surface area contributed by atoms with E-state index in [1.807, 2.05) is 18.3 Å². The Morgan fingerprint density at radius 1 is 1.18 bits per heavy atom. The average molecular weight is 469 g/mol. The van der Waals surface area contributed by atoms with Gasteiger partial charge in [0, 0.05) is 38.0 Å². The van der Waals surface area contributed by atoms with Crippen molar-refractivity contribution in [2.45, 2.75) is 32.1 Å². The van der Waals surface area contributed by atoms with E-state index in [2.05, 4.69) is 15.6 Å². The molecule has 2 aromatic rings. The highest BCUT2D eigenvalue weighted by molar-refractivity contribution is 5.97. The SMILES string of the molecule is COc1ccc2c(c1)OCCNC(=O)CN(C(=O)CCCCc1cccnc1)CCCNC2=O. The van der Waals surface area contributed by atoms with E-state index in [1.165, 1.54) is 0 Å². The van der Waals surface area contributed by atoms with Crippen molar-refractivity contribution in [1.82, 2.24) is 20.5 Å². The molecule has 1 aliphatic rings. The molecule has 9 nitrogen and oxygen atoms in total. The number of rotatable bonds is 6. The molecule has 0 radical (unpaired) electrons. The van der Waals surface area contributed by atoms with Crippen LogP contribution in [0.5, 0.6) is 11.5 Å². The lowest BCUT2D eigenvalue weighted by atomic mass is 10.1. The van der Waals surface area contributed by atoms with Crippen molar-refractivity contribution < 1.29 is 23.9 Å². The Morgan fingerprint density at radius 3 is 2.85 bits per heavy atom. The fourth-order valence-corrected chi connectivity index (χ4v) is 3.69. The van der Waals surface area contributed by atoms with Crippen LogP contribution in [0.1, 0.15) is 41.6 Å². The predicted molar refractivity (Wildman–Crippen MR) is 127 cm³/mol.